The monoisotopic (exact) mass is 359 g/mol. The molecule has 1 saturated heterocycles. The van der Waals surface area contributed by atoms with E-state index in [4.69, 9.17) is 0 Å². The molecule has 9 heteroatoms. The van der Waals surface area contributed by atoms with Crippen LogP contribution in [0, 0.1) is 16.0 Å². The van der Waals surface area contributed by atoms with E-state index in [-0.39, 0.29) is 23.6 Å². The van der Waals surface area contributed by atoms with E-state index in [1.54, 1.807) is 4.90 Å². The molecule has 0 bridgehead atoms. The van der Waals surface area contributed by atoms with Gasteiger partial charge >= 0.3 is 6.18 Å². The molecule has 1 N–H and O–H groups in total. The Labute approximate surface area is 143 Å². The average Bonchev–Trinajstić information content (AvgIpc) is 2.53. The maximum atomic E-state index is 12.8. The first-order valence-electron chi connectivity index (χ1n) is 8.00. The highest BCUT2D eigenvalue weighted by Crippen LogP contribution is 2.37. The van der Waals surface area contributed by atoms with Gasteiger partial charge in [-0.05, 0) is 38.8 Å². The van der Waals surface area contributed by atoms with Gasteiger partial charge in [0.15, 0.2) is 0 Å². The summed E-state index contributed by atoms with van der Waals surface area (Å²) in [4.78, 5) is 24.1. The smallest absolute Gasteiger partial charge is 0.366 e. The van der Waals surface area contributed by atoms with Crippen molar-refractivity contribution in [3.05, 3.63) is 33.9 Å². The lowest BCUT2D eigenvalue weighted by atomic mass is 9.95. The lowest BCUT2D eigenvalue weighted by molar-refractivity contribution is -0.384. The van der Waals surface area contributed by atoms with Gasteiger partial charge in [0.1, 0.15) is 5.69 Å². The number of benzene rings is 1. The third kappa shape index (κ3) is 4.61. The molecule has 0 saturated carbocycles. The second-order valence-electron chi connectivity index (χ2n) is 6.38. The molecule has 0 aromatic heterocycles. The van der Waals surface area contributed by atoms with E-state index in [9.17, 15) is 28.1 Å². The van der Waals surface area contributed by atoms with Crippen LogP contribution in [0.4, 0.5) is 24.5 Å². The summed E-state index contributed by atoms with van der Waals surface area (Å²) < 4.78 is 38.3. The van der Waals surface area contributed by atoms with Gasteiger partial charge in [-0.2, -0.15) is 13.2 Å². The van der Waals surface area contributed by atoms with Gasteiger partial charge in [-0.1, -0.05) is 0 Å². The van der Waals surface area contributed by atoms with Crippen LogP contribution in [-0.4, -0.2) is 30.0 Å². The number of nitrogens with one attached hydrogen (secondary N) is 1. The minimum atomic E-state index is -4.63. The second-order valence-corrected chi connectivity index (χ2v) is 6.38. The number of carbonyl (C=O) groups excluding carboxylic acids is 1. The van der Waals surface area contributed by atoms with E-state index in [0.717, 1.165) is 12.1 Å². The van der Waals surface area contributed by atoms with Gasteiger partial charge in [-0.3, -0.25) is 14.9 Å². The maximum absolute atomic E-state index is 12.8. The van der Waals surface area contributed by atoms with E-state index < -0.39 is 22.4 Å². The van der Waals surface area contributed by atoms with Crippen molar-refractivity contribution in [3.8, 4) is 0 Å². The Morgan fingerprint density at radius 2 is 1.92 bits per heavy atom. The molecule has 1 aliphatic heterocycles. The Morgan fingerprint density at radius 3 is 2.40 bits per heavy atom. The van der Waals surface area contributed by atoms with Crippen molar-refractivity contribution >= 4 is 17.3 Å². The largest absolute Gasteiger partial charge is 0.416 e. The molecule has 1 heterocycles. The minimum absolute atomic E-state index is 0.0292. The zero-order chi connectivity index (χ0) is 18.8. The Balaban J connectivity index is 2.15. The maximum Gasteiger partial charge on any atom is 0.416 e. The summed E-state index contributed by atoms with van der Waals surface area (Å²) in [5.74, 6) is -0.247. The summed E-state index contributed by atoms with van der Waals surface area (Å²) in [7, 11) is 0. The molecule has 0 unspecified atom stereocenters. The third-order valence-electron chi connectivity index (χ3n) is 4.14. The van der Waals surface area contributed by atoms with E-state index >= 15 is 0 Å². The number of nitro benzene ring substituents is 1. The summed E-state index contributed by atoms with van der Waals surface area (Å²) in [6, 6.07) is 2.57. The first-order valence-corrected chi connectivity index (χ1v) is 8.00. The molecule has 6 nitrogen and oxygen atoms in total. The molecule has 1 aromatic rings. The van der Waals surface area contributed by atoms with Crippen LogP contribution >= 0.6 is 0 Å². The summed E-state index contributed by atoms with van der Waals surface area (Å²) in [6.45, 7) is 4.47. The molecule has 1 amide bonds. The predicted octanol–water partition coefficient (Wildman–Crippen LogP) is 3.35. The SMILES string of the molecule is CC(C)NC(=O)C1CCN(c2ccc(C(F)(F)F)cc2[N+](=O)[O-])CC1. The Kier molecular flexibility index (Phi) is 5.54. The molecule has 0 aliphatic carbocycles. The van der Waals surface area contributed by atoms with Crippen LogP contribution in [0.5, 0.6) is 0 Å². The van der Waals surface area contributed by atoms with E-state index in [1.807, 2.05) is 13.8 Å². The highest BCUT2D eigenvalue weighted by atomic mass is 19.4. The standard InChI is InChI=1S/C16H20F3N3O3/c1-10(2)20-15(23)11-5-7-21(8-6-11)13-4-3-12(16(17,18)19)9-14(13)22(24)25/h3-4,9-11H,5-8H2,1-2H3,(H,20,23). The summed E-state index contributed by atoms with van der Waals surface area (Å²) in [5.41, 5.74) is -1.46. The Hall–Kier alpha value is -2.32. The van der Waals surface area contributed by atoms with Crippen molar-refractivity contribution in [2.45, 2.75) is 38.9 Å². The van der Waals surface area contributed by atoms with Crippen LogP contribution in [0.15, 0.2) is 18.2 Å². The van der Waals surface area contributed by atoms with Crippen molar-refractivity contribution in [1.29, 1.82) is 0 Å². The number of hydrogen-bond donors (Lipinski definition) is 1. The van der Waals surface area contributed by atoms with Gasteiger partial charge < -0.3 is 10.2 Å². The molecular formula is C16H20F3N3O3. The number of piperidine rings is 1. The number of carbonyl (C=O) groups is 1. The number of hydrogen-bond acceptors (Lipinski definition) is 4. The van der Waals surface area contributed by atoms with Crippen LogP contribution in [0.25, 0.3) is 0 Å². The first kappa shape index (κ1) is 19.0. The van der Waals surface area contributed by atoms with Crippen LogP contribution in [0.1, 0.15) is 32.3 Å². The zero-order valence-electron chi connectivity index (χ0n) is 14.0. The fraction of sp³-hybridized carbons (Fsp3) is 0.562. The average molecular weight is 359 g/mol. The quantitative estimate of drug-likeness (QED) is 0.661. The molecular weight excluding hydrogens is 339 g/mol. The number of anilines is 1. The van der Waals surface area contributed by atoms with Crippen molar-refractivity contribution in [3.63, 3.8) is 0 Å². The van der Waals surface area contributed by atoms with E-state index in [0.29, 0.717) is 32.0 Å². The summed E-state index contributed by atoms with van der Waals surface area (Å²) >= 11 is 0. The predicted molar refractivity (Wildman–Crippen MR) is 86.3 cm³/mol. The number of amides is 1. The molecule has 0 atom stereocenters. The number of rotatable bonds is 4. The van der Waals surface area contributed by atoms with Gasteiger partial charge in [0.05, 0.1) is 10.5 Å². The van der Waals surface area contributed by atoms with Gasteiger partial charge in [0.25, 0.3) is 5.69 Å². The molecule has 25 heavy (non-hydrogen) atoms. The highest BCUT2D eigenvalue weighted by molar-refractivity contribution is 5.79. The third-order valence-corrected chi connectivity index (χ3v) is 4.14. The van der Waals surface area contributed by atoms with Gasteiger partial charge in [0.2, 0.25) is 5.91 Å². The van der Waals surface area contributed by atoms with Crippen molar-refractivity contribution in [1.82, 2.24) is 5.32 Å². The first-order chi connectivity index (χ1) is 11.6. The lowest BCUT2D eigenvalue weighted by Crippen LogP contribution is -2.42. The molecule has 0 spiro atoms. The fourth-order valence-corrected chi connectivity index (χ4v) is 2.90. The van der Waals surface area contributed by atoms with Crippen molar-refractivity contribution < 1.29 is 22.9 Å². The van der Waals surface area contributed by atoms with Crippen LogP contribution in [0.3, 0.4) is 0 Å². The fourth-order valence-electron chi connectivity index (χ4n) is 2.90. The highest BCUT2D eigenvalue weighted by Gasteiger charge is 2.34. The Morgan fingerprint density at radius 1 is 1.32 bits per heavy atom. The van der Waals surface area contributed by atoms with E-state index in [2.05, 4.69) is 5.32 Å². The van der Waals surface area contributed by atoms with E-state index in [1.165, 1.54) is 0 Å². The zero-order valence-corrected chi connectivity index (χ0v) is 14.0. The van der Waals surface area contributed by atoms with Crippen LogP contribution in [0.2, 0.25) is 0 Å². The molecule has 1 fully saturated rings. The second kappa shape index (κ2) is 7.28. The summed E-state index contributed by atoms with van der Waals surface area (Å²) in [6.07, 6.45) is -3.64. The van der Waals surface area contributed by atoms with Gasteiger partial charge in [-0.25, -0.2) is 0 Å². The van der Waals surface area contributed by atoms with Crippen molar-refractivity contribution in [2.24, 2.45) is 5.92 Å². The number of alkyl halides is 3. The molecule has 2 rings (SSSR count). The van der Waals surface area contributed by atoms with Gasteiger partial charge in [0, 0.05) is 31.1 Å². The number of nitro groups is 1. The molecule has 1 aliphatic rings. The number of nitrogens with zero attached hydrogens (tertiary/aromatic N) is 2. The summed E-state index contributed by atoms with van der Waals surface area (Å²) in [5, 5.41) is 14.0. The number of halogens is 3. The Bertz CT molecular complexity index is 654. The van der Waals surface area contributed by atoms with Gasteiger partial charge in [-0.15, -0.1) is 0 Å². The van der Waals surface area contributed by atoms with Crippen LogP contribution in [-0.2, 0) is 11.0 Å². The molecule has 0 radical (unpaired) electrons. The topological polar surface area (TPSA) is 75.5 Å². The minimum Gasteiger partial charge on any atom is -0.366 e. The lowest BCUT2D eigenvalue weighted by Gasteiger charge is -2.33. The van der Waals surface area contributed by atoms with Crippen molar-refractivity contribution in [2.75, 3.05) is 18.0 Å². The van der Waals surface area contributed by atoms with Crippen LogP contribution < -0.4 is 10.2 Å². The molecule has 138 valence electrons. The normalized spacial score (nSPS) is 16.2. The molecule has 1 aromatic carbocycles.